The Morgan fingerprint density at radius 3 is 2.65 bits per heavy atom. The van der Waals surface area contributed by atoms with Gasteiger partial charge in [-0.3, -0.25) is 9.59 Å². The highest BCUT2D eigenvalue weighted by Gasteiger charge is 2.69. The smallest absolute Gasteiger partial charge is 0.161 e. The molecule has 7 atom stereocenters. The first kappa shape index (κ1) is 18.3. The number of ketones is 2. The van der Waals surface area contributed by atoms with Gasteiger partial charge in [0.25, 0.3) is 0 Å². The summed E-state index contributed by atoms with van der Waals surface area (Å²) in [6.07, 6.45) is 5.26. The van der Waals surface area contributed by atoms with Crippen molar-refractivity contribution in [3.8, 4) is 0 Å². The van der Waals surface area contributed by atoms with Gasteiger partial charge in [-0.1, -0.05) is 19.4 Å². The average molecular weight is 362 g/mol. The highest BCUT2D eigenvalue weighted by Crippen LogP contribution is 2.68. The van der Waals surface area contributed by atoms with Crippen LogP contribution in [-0.4, -0.2) is 45.2 Å². The Morgan fingerprint density at radius 1 is 1.23 bits per heavy atom. The number of carbonyl (C=O) groups excluding carboxylic acids is 2. The van der Waals surface area contributed by atoms with Crippen molar-refractivity contribution in [2.75, 3.05) is 6.61 Å². The molecule has 144 valence electrons. The molecule has 26 heavy (non-hydrogen) atoms. The molecule has 0 bridgehead atoms. The van der Waals surface area contributed by atoms with Crippen molar-refractivity contribution in [2.45, 2.75) is 70.5 Å². The molecule has 0 radical (unpaired) electrons. The van der Waals surface area contributed by atoms with Gasteiger partial charge in [-0.15, -0.1) is 0 Å². The number of Topliss-reactive ketones (excluding diaryl/α,β-unsaturated/α-hetero) is 1. The average Bonchev–Trinajstić information content (AvgIpc) is 2.92. The zero-order valence-electron chi connectivity index (χ0n) is 15.7. The van der Waals surface area contributed by atoms with Crippen LogP contribution in [-0.2, 0) is 9.59 Å². The lowest BCUT2D eigenvalue weighted by atomic mass is 9.44. The van der Waals surface area contributed by atoms with Crippen molar-refractivity contribution < 1.29 is 24.9 Å². The quantitative estimate of drug-likeness (QED) is 0.696. The van der Waals surface area contributed by atoms with Gasteiger partial charge < -0.3 is 15.3 Å². The highest BCUT2D eigenvalue weighted by atomic mass is 16.3. The first-order valence-corrected chi connectivity index (χ1v) is 9.95. The van der Waals surface area contributed by atoms with Gasteiger partial charge in [-0.25, -0.2) is 0 Å². The molecule has 4 rings (SSSR count). The van der Waals surface area contributed by atoms with E-state index in [1.807, 2.05) is 6.92 Å². The predicted octanol–water partition coefficient (Wildman–Crippen LogP) is 1.78. The fourth-order valence-corrected chi connectivity index (χ4v) is 7.43. The van der Waals surface area contributed by atoms with Crippen molar-refractivity contribution in [1.82, 2.24) is 0 Å². The van der Waals surface area contributed by atoms with Crippen LogP contribution in [0.3, 0.4) is 0 Å². The maximum Gasteiger partial charge on any atom is 0.161 e. The first-order valence-electron chi connectivity index (χ1n) is 9.95. The number of fused-ring (bicyclic) bond motifs is 5. The Bertz CT molecular complexity index is 684. The zero-order chi connectivity index (χ0) is 18.9. The summed E-state index contributed by atoms with van der Waals surface area (Å²) in [7, 11) is 0. The highest BCUT2D eigenvalue weighted by molar-refractivity contribution is 5.91. The fourth-order valence-electron chi connectivity index (χ4n) is 7.43. The molecule has 1 unspecified atom stereocenters. The molecule has 5 heteroatoms. The van der Waals surface area contributed by atoms with E-state index in [1.54, 1.807) is 6.08 Å². The summed E-state index contributed by atoms with van der Waals surface area (Å²) in [6.45, 7) is 3.63. The van der Waals surface area contributed by atoms with Crippen LogP contribution in [0.1, 0.15) is 58.8 Å². The number of hydrogen-bond acceptors (Lipinski definition) is 5. The van der Waals surface area contributed by atoms with Crippen LogP contribution in [0.5, 0.6) is 0 Å². The molecule has 0 aliphatic heterocycles. The van der Waals surface area contributed by atoms with E-state index in [2.05, 4.69) is 6.92 Å². The molecular weight excluding hydrogens is 332 g/mol. The number of carbonyl (C=O) groups is 2. The van der Waals surface area contributed by atoms with E-state index in [9.17, 15) is 24.9 Å². The van der Waals surface area contributed by atoms with Crippen LogP contribution in [0.25, 0.3) is 0 Å². The maximum absolute atomic E-state index is 12.3. The Labute approximate surface area is 154 Å². The van der Waals surface area contributed by atoms with E-state index in [-0.39, 0.29) is 34.7 Å². The standard InChI is InChI=1S/C21H30O5/c1-19-7-6-13(23)9-12(19)5-8-21(26)17-4-3-14(16(25)11-22)20(17,2)10-15(24)18(19)21/h9,14-15,17-18,22,24,26H,3-8,10-11H2,1-2H3/t14-,15+,17-,18-,19+,20-,21?/m1/s1. The lowest BCUT2D eigenvalue weighted by Gasteiger charge is -2.63. The van der Waals surface area contributed by atoms with Gasteiger partial charge in [0.05, 0.1) is 11.7 Å². The van der Waals surface area contributed by atoms with Gasteiger partial charge in [-0.05, 0) is 61.3 Å². The van der Waals surface area contributed by atoms with Crippen molar-refractivity contribution >= 4 is 11.6 Å². The van der Waals surface area contributed by atoms with E-state index < -0.39 is 23.7 Å². The van der Waals surface area contributed by atoms with Gasteiger partial charge in [0.1, 0.15) is 6.61 Å². The Hall–Kier alpha value is -1.04. The molecule has 0 aromatic carbocycles. The SMILES string of the molecule is C[C@]12C[C@H](O)[C@H]3C(O)(CCC4=CC(=O)CC[C@@]43C)[C@@H]1CC[C@@H]2C(=O)CO. The summed E-state index contributed by atoms with van der Waals surface area (Å²) < 4.78 is 0. The molecule has 3 saturated carbocycles. The minimum atomic E-state index is -1.02. The van der Waals surface area contributed by atoms with Crippen LogP contribution in [0.2, 0.25) is 0 Å². The summed E-state index contributed by atoms with van der Waals surface area (Å²) in [5, 5.41) is 32.4. The third kappa shape index (κ3) is 2.20. The fraction of sp³-hybridized carbons (Fsp3) is 0.810. The maximum atomic E-state index is 12.3. The van der Waals surface area contributed by atoms with Crippen LogP contribution < -0.4 is 0 Å². The summed E-state index contributed by atoms with van der Waals surface area (Å²) >= 11 is 0. The minimum absolute atomic E-state index is 0.0556. The van der Waals surface area contributed by atoms with E-state index in [0.717, 1.165) is 12.0 Å². The molecule has 5 nitrogen and oxygen atoms in total. The molecular formula is C21H30O5. The Kier molecular flexibility index (Phi) is 4.04. The van der Waals surface area contributed by atoms with Crippen LogP contribution in [0.15, 0.2) is 11.6 Å². The van der Waals surface area contributed by atoms with Crippen molar-refractivity contribution in [3.63, 3.8) is 0 Å². The van der Waals surface area contributed by atoms with Crippen LogP contribution in [0.4, 0.5) is 0 Å². The molecule has 0 aromatic heterocycles. The van der Waals surface area contributed by atoms with Gasteiger partial charge in [0, 0.05) is 18.3 Å². The second kappa shape index (κ2) is 5.73. The van der Waals surface area contributed by atoms with Crippen molar-refractivity contribution in [1.29, 1.82) is 0 Å². The summed E-state index contributed by atoms with van der Waals surface area (Å²) in [5.74, 6) is -0.679. The molecule has 4 aliphatic carbocycles. The monoisotopic (exact) mass is 362 g/mol. The number of rotatable bonds is 2. The van der Waals surface area contributed by atoms with E-state index in [4.69, 9.17) is 0 Å². The second-order valence-corrected chi connectivity index (χ2v) is 9.61. The molecule has 0 aromatic rings. The van der Waals surface area contributed by atoms with Gasteiger partial charge in [0.2, 0.25) is 0 Å². The molecule has 3 fully saturated rings. The van der Waals surface area contributed by atoms with Crippen LogP contribution >= 0.6 is 0 Å². The third-order valence-corrected chi connectivity index (χ3v) is 8.50. The molecule has 0 amide bonds. The topological polar surface area (TPSA) is 94.8 Å². The molecule has 3 N–H and O–H groups in total. The molecule has 4 aliphatic rings. The zero-order valence-corrected chi connectivity index (χ0v) is 15.7. The largest absolute Gasteiger partial charge is 0.393 e. The first-order chi connectivity index (χ1) is 12.2. The summed E-state index contributed by atoms with van der Waals surface area (Å²) in [4.78, 5) is 24.2. The van der Waals surface area contributed by atoms with Crippen molar-refractivity contribution in [3.05, 3.63) is 11.6 Å². The number of hydrogen-bond donors (Lipinski definition) is 3. The van der Waals surface area contributed by atoms with Gasteiger partial charge >= 0.3 is 0 Å². The van der Waals surface area contributed by atoms with Crippen LogP contribution in [0, 0.1) is 28.6 Å². The summed E-state index contributed by atoms with van der Waals surface area (Å²) in [6, 6.07) is 0. The van der Waals surface area contributed by atoms with Crippen molar-refractivity contribution in [2.24, 2.45) is 28.6 Å². The molecule has 0 spiro atoms. The van der Waals surface area contributed by atoms with Gasteiger partial charge in [0.15, 0.2) is 11.6 Å². The Morgan fingerprint density at radius 2 is 1.96 bits per heavy atom. The number of aliphatic hydroxyl groups is 3. The van der Waals surface area contributed by atoms with Gasteiger partial charge in [-0.2, -0.15) is 0 Å². The van der Waals surface area contributed by atoms with E-state index >= 15 is 0 Å². The van der Waals surface area contributed by atoms with E-state index in [0.29, 0.717) is 38.5 Å². The number of aliphatic hydroxyl groups excluding tert-OH is 2. The number of allylic oxidation sites excluding steroid dienone is 1. The summed E-state index contributed by atoms with van der Waals surface area (Å²) in [5.41, 5.74) is -0.788. The third-order valence-electron chi connectivity index (χ3n) is 8.50. The Balaban J connectivity index is 1.77. The normalized spacial score (nSPS) is 50.5. The molecule has 0 saturated heterocycles. The van der Waals surface area contributed by atoms with E-state index in [1.165, 1.54) is 0 Å². The lowest BCUT2D eigenvalue weighted by Crippen LogP contribution is -2.66. The molecule has 0 heterocycles. The lowest BCUT2D eigenvalue weighted by molar-refractivity contribution is -0.227. The predicted molar refractivity (Wildman–Crippen MR) is 95.1 cm³/mol. The second-order valence-electron chi connectivity index (χ2n) is 9.61. The minimum Gasteiger partial charge on any atom is -0.393 e.